The Morgan fingerprint density at radius 1 is 1.21 bits per heavy atom. The zero-order chi connectivity index (χ0) is 19.7. The van der Waals surface area contributed by atoms with Crippen molar-refractivity contribution in [2.75, 3.05) is 6.54 Å². The van der Waals surface area contributed by atoms with E-state index in [1.54, 1.807) is 11.1 Å². The Bertz CT molecular complexity index is 1130. The molecule has 1 aliphatic rings. The standard InChI is InChI=1S/C20H22N4O3S/c25-18-17-16(9-10-21-17)24(19(28)22-18)12-13-6-3-4-7-14(13)15-8-2-1-5-11-23(15)20(26)27/h3-4,6-7,9-10,15,21H,1-2,5,8,11-12H2,(H,26,27)(H,22,25,28). The number of rotatable bonds is 3. The summed E-state index contributed by atoms with van der Waals surface area (Å²) in [6.45, 7) is 1.01. The van der Waals surface area contributed by atoms with Crippen molar-refractivity contribution in [3.05, 3.63) is 62.8 Å². The highest BCUT2D eigenvalue weighted by Gasteiger charge is 2.28. The number of likely N-dealkylation sites (tertiary alicyclic amines) is 1. The van der Waals surface area contributed by atoms with Crippen LogP contribution in [0.25, 0.3) is 11.0 Å². The van der Waals surface area contributed by atoms with Crippen LogP contribution in [0.2, 0.25) is 0 Å². The van der Waals surface area contributed by atoms with Gasteiger partial charge in [0.05, 0.1) is 18.1 Å². The van der Waals surface area contributed by atoms with Crippen LogP contribution >= 0.6 is 12.2 Å². The van der Waals surface area contributed by atoms with Gasteiger partial charge >= 0.3 is 6.09 Å². The van der Waals surface area contributed by atoms with E-state index in [4.69, 9.17) is 12.2 Å². The van der Waals surface area contributed by atoms with Crippen LogP contribution < -0.4 is 5.56 Å². The number of H-pyrrole nitrogens is 2. The Kier molecular flexibility index (Phi) is 5.04. The van der Waals surface area contributed by atoms with E-state index in [0.29, 0.717) is 23.4 Å². The molecule has 8 heteroatoms. The highest BCUT2D eigenvalue weighted by molar-refractivity contribution is 7.71. The second-order valence-corrected chi connectivity index (χ2v) is 7.51. The normalized spacial score (nSPS) is 17.6. The number of benzene rings is 1. The number of nitrogens with one attached hydrogen (secondary N) is 2. The molecule has 1 unspecified atom stereocenters. The number of hydrogen-bond donors (Lipinski definition) is 3. The third-order valence-electron chi connectivity index (χ3n) is 5.45. The number of nitrogens with zero attached hydrogens (tertiary/aromatic N) is 2. The molecule has 1 amide bonds. The maximum Gasteiger partial charge on any atom is 0.407 e. The lowest BCUT2D eigenvalue weighted by molar-refractivity contribution is 0.125. The fraction of sp³-hybridized carbons (Fsp3) is 0.350. The van der Waals surface area contributed by atoms with E-state index in [2.05, 4.69) is 9.97 Å². The molecule has 0 radical (unpaired) electrons. The summed E-state index contributed by atoms with van der Waals surface area (Å²) in [6, 6.07) is 9.57. The van der Waals surface area contributed by atoms with Gasteiger partial charge in [0.15, 0.2) is 4.77 Å². The molecule has 7 nitrogen and oxygen atoms in total. The number of hydrogen-bond acceptors (Lipinski definition) is 3. The molecule has 146 valence electrons. The fourth-order valence-electron chi connectivity index (χ4n) is 4.10. The van der Waals surface area contributed by atoms with Crippen molar-refractivity contribution in [2.45, 2.75) is 38.3 Å². The molecule has 0 aliphatic carbocycles. The largest absolute Gasteiger partial charge is 0.465 e. The molecular formula is C20H22N4O3S. The van der Waals surface area contributed by atoms with Gasteiger partial charge in [0.1, 0.15) is 5.52 Å². The van der Waals surface area contributed by atoms with Crippen molar-refractivity contribution in [1.29, 1.82) is 0 Å². The highest BCUT2D eigenvalue weighted by atomic mass is 32.1. The Morgan fingerprint density at radius 3 is 2.86 bits per heavy atom. The summed E-state index contributed by atoms with van der Waals surface area (Å²) in [5.41, 5.74) is 2.98. The SMILES string of the molecule is O=C(O)N1CCCCCC1c1ccccc1Cn1c(=S)[nH]c(=O)c2[nH]ccc21. The number of aromatic amines is 2. The number of amides is 1. The average molecular weight is 398 g/mol. The van der Waals surface area contributed by atoms with Gasteiger partial charge in [0.2, 0.25) is 0 Å². The Labute approximate surface area is 166 Å². The summed E-state index contributed by atoms with van der Waals surface area (Å²) >= 11 is 5.41. The molecule has 1 fully saturated rings. The number of carbonyl (C=O) groups is 1. The van der Waals surface area contributed by atoms with Crippen molar-refractivity contribution < 1.29 is 9.90 Å². The van der Waals surface area contributed by atoms with E-state index < -0.39 is 6.09 Å². The van der Waals surface area contributed by atoms with Gasteiger partial charge in [-0.05, 0) is 42.3 Å². The number of carboxylic acid groups (broad SMARTS) is 1. The third kappa shape index (κ3) is 3.35. The maximum atomic E-state index is 12.1. The minimum Gasteiger partial charge on any atom is -0.465 e. The molecule has 0 bridgehead atoms. The molecule has 1 aromatic carbocycles. The number of fused-ring (bicyclic) bond motifs is 1. The predicted octanol–water partition coefficient (Wildman–Crippen LogP) is 4.03. The lowest BCUT2D eigenvalue weighted by Crippen LogP contribution is -2.34. The van der Waals surface area contributed by atoms with E-state index in [-0.39, 0.29) is 11.6 Å². The first kappa shape index (κ1) is 18.5. The van der Waals surface area contributed by atoms with Crippen LogP contribution in [0.4, 0.5) is 4.79 Å². The van der Waals surface area contributed by atoms with Crippen molar-refractivity contribution in [2.24, 2.45) is 0 Å². The minimum absolute atomic E-state index is 0.171. The van der Waals surface area contributed by atoms with Crippen molar-refractivity contribution in [3.8, 4) is 0 Å². The molecule has 1 saturated heterocycles. The molecule has 2 aromatic heterocycles. The average Bonchev–Trinajstić information content (AvgIpc) is 3.03. The lowest BCUT2D eigenvalue weighted by Gasteiger charge is -2.29. The van der Waals surface area contributed by atoms with E-state index in [0.717, 1.165) is 42.3 Å². The quantitative estimate of drug-likeness (QED) is 0.581. The van der Waals surface area contributed by atoms with Gasteiger partial charge in [0.25, 0.3) is 5.56 Å². The Balaban J connectivity index is 1.79. The summed E-state index contributed by atoms with van der Waals surface area (Å²) in [7, 11) is 0. The van der Waals surface area contributed by atoms with Crippen LogP contribution in [-0.2, 0) is 6.54 Å². The zero-order valence-corrected chi connectivity index (χ0v) is 16.2. The molecule has 1 atom stereocenters. The van der Waals surface area contributed by atoms with Crippen LogP contribution in [0.5, 0.6) is 0 Å². The van der Waals surface area contributed by atoms with Crippen LogP contribution in [0, 0.1) is 4.77 Å². The Hall–Kier alpha value is -2.87. The second kappa shape index (κ2) is 7.63. The van der Waals surface area contributed by atoms with Crippen molar-refractivity contribution >= 4 is 29.3 Å². The van der Waals surface area contributed by atoms with E-state index in [9.17, 15) is 14.7 Å². The first-order valence-corrected chi connectivity index (χ1v) is 9.84. The second-order valence-electron chi connectivity index (χ2n) is 7.12. The monoisotopic (exact) mass is 398 g/mol. The van der Waals surface area contributed by atoms with Crippen molar-refractivity contribution in [3.63, 3.8) is 0 Å². The molecule has 1 aliphatic heterocycles. The zero-order valence-electron chi connectivity index (χ0n) is 15.4. The van der Waals surface area contributed by atoms with Crippen LogP contribution in [0.15, 0.2) is 41.3 Å². The molecule has 0 saturated carbocycles. The van der Waals surface area contributed by atoms with Gasteiger partial charge in [-0.25, -0.2) is 4.79 Å². The summed E-state index contributed by atoms with van der Waals surface area (Å²) in [5, 5.41) is 9.72. The van der Waals surface area contributed by atoms with Gasteiger partial charge in [-0.15, -0.1) is 0 Å². The summed E-state index contributed by atoms with van der Waals surface area (Å²) in [6.07, 6.45) is 4.57. The summed E-state index contributed by atoms with van der Waals surface area (Å²) in [5.74, 6) is 0. The van der Waals surface area contributed by atoms with Gasteiger partial charge in [-0.1, -0.05) is 37.1 Å². The number of aromatic nitrogens is 3. The van der Waals surface area contributed by atoms with Crippen molar-refractivity contribution in [1.82, 2.24) is 19.4 Å². The summed E-state index contributed by atoms with van der Waals surface area (Å²) < 4.78 is 2.23. The molecule has 3 heterocycles. The molecule has 0 spiro atoms. The lowest BCUT2D eigenvalue weighted by atomic mass is 9.95. The highest BCUT2D eigenvalue weighted by Crippen LogP contribution is 2.32. The Morgan fingerprint density at radius 2 is 2.04 bits per heavy atom. The molecule has 3 aromatic rings. The molecule has 28 heavy (non-hydrogen) atoms. The smallest absolute Gasteiger partial charge is 0.407 e. The van der Waals surface area contributed by atoms with Gasteiger partial charge in [-0.2, -0.15) is 0 Å². The van der Waals surface area contributed by atoms with Gasteiger partial charge < -0.3 is 19.6 Å². The molecule has 4 rings (SSSR count). The minimum atomic E-state index is -0.879. The topological polar surface area (TPSA) is 94.1 Å². The van der Waals surface area contributed by atoms with Gasteiger partial charge in [0, 0.05) is 12.7 Å². The van der Waals surface area contributed by atoms with E-state index >= 15 is 0 Å². The predicted molar refractivity (Wildman–Crippen MR) is 109 cm³/mol. The van der Waals surface area contributed by atoms with E-state index in [1.165, 1.54) is 0 Å². The van der Waals surface area contributed by atoms with Crippen LogP contribution in [0.1, 0.15) is 42.9 Å². The first-order chi connectivity index (χ1) is 13.6. The van der Waals surface area contributed by atoms with E-state index in [1.807, 2.05) is 34.9 Å². The summed E-state index contributed by atoms with van der Waals surface area (Å²) in [4.78, 5) is 31.2. The van der Waals surface area contributed by atoms with Gasteiger partial charge in [-0.3, -0.25) is 9.78 Å². The third-order valence-corrected chi connectivity index (χ3v) is 5.77. The molecular weight excluding hydrogens is 376 g/mol. The fourth-order valence-corrected chi connectivity index (χ4v) is 4.35. The molecule has 3 N–H and O–H groups in total. The van der Waals surface area contributed by atoms with Crippen LogP contribution in [-0.4, -0.2) is 37.2 Å². The maximum absolute atomic E-state index is 12.1. The first-order valence-electron chi connectivity index (χ1n) is 9.44. The van der Waals surface area contributed by atoms with Crippen LogP contribution in [0.3, 0.4) is 0 Å².